The molecule has 5 nitrogen and oxygen atoms in total. The van der Waals surface area contributed by atoms with E-state index in [1.165, 1.54) is 0 Å². The summed E-state index contributed by atoms with van der Waals surface area (Å²) in [6.07, 6.45) is 3.07. The molecule has 1 saturated heterocycles. The summed E-state index contributed by atoms with van der Waals surface area (Å²) in [7, 11) is 1.59. The van der Waals surface area contributed by atoms with Crippen molar-refractivity contribution in [2.24, 2.45) is 5.92 Å². The van der Waals surface area contributed by atoms with Gasteiger partial charge in [-0.15, -0.1) is 0 Å². The van der Waals surface area contributed by atoms with Crippen LogP contribution in [0.5, 0.6) is 5.88 Å². The molecule has 0 aromatic carbocycles. The molecule has 0 amide bonds. The molecule has 6 heteroatoms. The van der Waals surface area contributed by atoms with E-state index < -0.39 is 0 Å². The SMILES string of the molecule is COc1nc(NCC2CCOC2C)ncc1Br. The van der Waals surface area contributed by atoms with Gasteiger partial charge in [-0.05, 0) is 29.3 Å². The predicted octanol–water partition coefficient (Wildman–Crippen LogP) is 2.08. The molecule has 1 aromatic heterocycles. The molecule has 0 radical (unpaired) electrons. The first-order valence-electron chi connectivity index (χ1n) is 5.62. The van der Waals surface area contributed by atoms with Gasteiger partial charge in [-0.1, -0.05) is 0 Å². The lowest BCUT2D eigenvalue weighted by molar-refractivity contribution is 0.108. The largest absolute Gasteiger partial charge is 0.480 e. The van der Waals surface area contributed by atoms with Crippen LogP contribution >= 0.6 is 15.9 Å². The Morgan fingerprint density at radius 1 is 1.65 bits per heavy atom. The van der Waals surface area contributed by atoms with Crippen molar-refractivity contribution >= 4 is 21.9 Å². The zero-order chi connectivity index (χ0) is 12.3. The molecule has 1 aliphatic rings. The second kappa shape index (κ2) is 5.64. The van der Waals surface area contributed by atoms with Gasteiger partial charge < -0.3 is 14.8 Å². The van der Waals surface area contributed by atoms with E-state index in [1.807, 2.05) is 0 Å². The quantitative estimate of drug-likeness (QED) is 0.923. The summed E-state index contributed by atoms with van der Waals surface area (Å²) in [5, 5.41) is 3.22. The van der Waals surface area contributed by atoms with Crippen LogP contribution in [0, 0.1) is 5.92 Å². The number of methoxy groups -OCH3 is 1. The van der Waals surface area contributed by atoms with E-state index in [0.29, 0.717) is 23.9 Å². The second-order valence-corrected chi connectivity index (χ2v) is 4.91. The summed E-state index contributed by atoms with van der Waals surface area (Å²) in [6.45, 7) is 3.77. The minimum Gasteiger partial charge on any atom is -0.480 e. The van der Waals surface area contributed by atoms with Gasteiger partial charge in [-0.25, -0.2) is 4.98 Å². The van der Waals surface area contributed by atoms with Crippen LogP contribution in [0.1, 0.15) is 13.3 Å². The minimum atomic E-state index is 0.305. The summed E-state index contributed by atoms with van der Waals surface area (Å²) in [5.41, 5.74) is 0. The molecular weight excluding hydrogens is 286 g/mol. The summed E-state index contributed by atoms with van der Waals surface area (Å²) >= 11 is 3.32. The zero-order valence-electron chi connectivity index (χ0n) is 9.94. The highest BCUT2D eigenvalue weighted by Crippen LogP contribution is 2.23. The monoisotopic (exact) mass is 301 g/mol. The molecule has 2 heterocycles. The van der Waals surface area contributed by atoms with E-state index in [-0.39, 0.29) is 0 Å². The van der Waals surface area contributed by atoms with Crippen LogP contribution in [-0.4, -0.2) is 36.3 Å². The number of anilines is 1. The smallest absolute Gasteiger partial charge is 0.232 e. The standard InChI is InChI=1S/C11H16BrN3O2/c1-7-8(3-4-17-7)5-13-11-14-6-9(12)10(15-11)16-2/h6-8H,3-5H2,1-2H3,(H,13,14,15). The Morgan fingerprint density at radius 2 is 2.47 bits per heavy atom. The second-order valence-electron chi connectivity index (χ2n) is 4.06. The normalized spacial score (nSPS) is 23.7. The molecule has 0 spiro atoms. The van der Waals surface area contributed by atoms with E-state index in [0.717, 1.165) is 24.0 Å². The van der Waals surface area contributed by atoms with Crippen molar-refractivity contribution in [2.75, 3.05) is 25.6 Å². The van der Waals surface area contributed by atoms with Crippen LogP contribution in [-0.2, 0) is 4.74 Å². The van der Waals surface area contributed by atoms with Crippen LogP contribution in [0.3, 0.4) is 0 Å². The summed E-state index contributed by atoms with van der Waals surface area (Å²) in [5.74, 6) is 1.65. The highest BCUT2D eigenvalue weighted by atomic mass is 79.9. The Morgan fingerprint density at radius 3 is 3.12 bits per heavy atom. The number of hydrogen-bond acceptors (Lipinski definition) is 5. The fraction of sp³-hybridized carbons (Fsp3) is 0.636. The summed E-state index contributed by atoms with van der Waals surface area (Å²) in [4.78, 5) is 8.43. The number of nitrogens with zero attached hydrogens (tertiary/aromatic N) is 2. The van der Waals surface area contributed by atoms with Crippen LogP contribution < -0.4 is 10.1 Å². The molecule has 0 aliphatic carbocycles. The number of ether oxygens (including phenoxy) is 2. The van der Waals surface area contributed by atoms with E-state index in [1.54, 1.807) is 13.3 Å². The third-order valence-electron chi connectivity index (χ3n) is 2.96. The summed E-state index contributed by atoms with van der Waals surface area (Å²) < 4.78 is 11.4. The Balaban J connectivity index is 1.94. The van der Waals surface area contributed by atoms with Crippen molar-refractivity contribution in [3.05, 3.63) is 10.7 Å². The molecule has 94 valence electrons. The van der Waals surface area contributed by atoms with Gasteiger partial charge in [0.25, 0.3) is 0 Å². The molecule has 2 unspecified atom stereocenters. The average molecular weight is 302 g/mol. The van der Waals surface area contributed by atoms with Gasteiger partial charge in [0.1, 0.15) is 0 Å². The first-order valence-corrected chi connectivity index (χ1v) is 6.42. The van der Waals surface area contributed by atoms with Gasteiger partial charge in [0, 0.05) is 19.1 Å². The van der Waals surface area contributed by atoms with Gasteiger partial charge in [0.05, 0.1) is 23.9 Å². The van der Waals surface area contributed by atoms with Crippen molar-refractivity contribution < 1.29 is 9.47 Å². The lowest BCUT2D eigenvalue weighted by Crippen LogP contribution is -2.21. The average Bonchev–Trinajstić information content (AvgIpc) is 2.74. The van der Waals surface area contributed by atoms with Crippen LogP contribution in [0.4, 0.5) is 5.95 Å². The Kier molecular flexibility index (Phi) is 4.17. The van der Waals surface area contributed by atoms with Gasteiger partial charge in [-0.2, -0.15) is 4.98 Å². The van der Waals surface area contributed by atoms with Gasteiger partial charge >= 0.3 is 0 Å². The summed E-state index contributed by atoms with van der Waals surface area (Å²) in [6, 6.07) is 0. The minimum absolute atomic E-state index is 0.305. The molecule has 1 aliphatic heterocycles. The molecule has 17 heavy (non-hydrogen) atoms. The van der Waals surface area contributed by atoms with E-state index in [4.69, 9.17) is 9.47 Å². The predicted molar refractivity (Wildman–Crippen MR) is 68.3 cm³/mol. The maximum atomic E-state index is 5.50. The molecule has 2 rings (SSSR count). The first-order chi connectivity index (χ1) is 8.20. The molecule has 1 N–H and O–H groups in total. The van der Waals surface area contributed by atoms with Crippen LogP contribution in [0.2, 0.25) is 0 Å². The molecule has 1 aromatic rings. The van der Waals surface area contributed by atoms with Crippen molar-refractivity contribution in [3.8, 4) is 5.88 Å². The Labute approximate surface area is 109 Å². The molecule has 0 bridgehead atoms. The number of hydrogen-bond donors (Lipinski definition) is 1. The van der Waals surface area contributed by atoms with E-state index >= 15 is 0 Å². The zero-order valence-corrected chi connectivity index (χ0v) is 11.5. The lowest BCUT2D eigenvalue weighted by atomic mass is 10.0. The number of rotatable bonds is 4. The lowest BCUT2D eigenvalue weighted by Gasteiger charge is -2.14. The Hall–Kier alpha value is -0.880. The fourth-order valence-corrected chi connectivity index (χ4v) is 2.20. The van der Waals surface area contributed by atoms with Crippen molar-refractivity contribution in [3.63, 3.8) is 0 Å². The number of aromatic nitrogens is 2. The molecule has 1 fully saturated rings. The topological polar surface area (TPSA) is 56.3 Å². The van der Waals surface area contributed by atoms with Crippen molar-refractivity contribution in [1.82, 2.24) is 9.97 Å². The highest BCUT2D eigenvalue weighted by molar-refractivity contribution is 9.10. The van der Waals surface area contributed by atoms with Crippen molar-refractivity contribution in [1.29, 1.82) is 0 Å². The van der Waals surface area contributed by atoms with E-state index in [2.05, 4.69) is 38.1 Å². The molecule has 2 atom stereocenters. The van der Waals surface area contributed by atoms with E-state index in [9.17, 15) is 0 Å². The third-order valence-corrected chi connectivity index (χ3v) is 3.50. The van der Waals surface area contributed by atoms with Gasteiger partial charge in [0.2, 0.25) is 11.8 Å². The maximum absolute atomic E-state index is 5.50. The fourth-order valence-electron chi connectivity index (χ4n) is 1.85. The molecule has 0 saturated carbocycles. The first kappa shape index (κ1) is 12.6. The van der Waals surface area contributed by atoms with Gasteiger partial charge in [-0.3, -0.25) is 0 Å². The van der Waals surface area contributed by atoms with Crippen LogP contribution in [0.25, 0.3) is 0 Å². The number of halogens is 1. The molecular formula is C11H16BrN3O2. The Bertz CT molecular complexity index is 389. The van der Waals surface area contributed by atoms with Gasteiger partial charge in [0.15, 0.2) is 0 Å². The van der Waals surface area contributed by atoms with Crippen LogP contribution in [0.15, 0.2) is 10.7 Å². The maximum Gasteiger partial charge on any atom is 0.232 e. The highest BCUT2D eigenvalue weighted by Gasteiger charge is 2.24. The number of nitrogens with one attached hydrogen (secondary N) is 1. The van der Waals surface area contributed by atoms with Crippen molar-refractivity contribution in [2.45, 2.75) is 19.4 Å². The third kappa shape index (κ3) is 3.07.